The van der Waals surface area contributed by atoms with Crippen LogP contribution in [-0.2, 0) is 4.74 Å². The van der Waals surface area contributed by atoms with Crippen LogP contribution in [0.3, 0.4) is 0 Å². The maximum Gasteiger partial charge on any atom is 0.0899 e. The van der Waals surface area contributed by atoms with Gasteiger partial charge in [-0.25, -0.2) is 0 Å². The second-order valence-corrected chi connectivity index (χ2v) is 5.65. The van der Waals surface area contributed by atoms with Crippen LogP contribution in [0, 0.1) is 5.41 Å². The molecule has 2 atom stereocenters. The van der Waals surface area contributed by atoms with Gasteiger partial charge in [0.05, 0.1) is 12.7 Å². The highest BCUT2D eigenvalue weighted by Gasteiger charge is 2.24. The molecule has 2 unspecified atom stereocenters. The van der Waals surface area contributed by atoms with Gasteiger partial charge in [-0.3, -0.25) is 0 Å². The molecule has 0 aliphatic rings. The molecule has 18 heavy (non-hydrogen) atoms. The molecule has 2 N–H and O–H groups in total. The smallest absolute Gasteiger partial charge is 0.0899 e. The average Bonchev–Trinajstić information content (AvgIpc) is 2.29. The van der Waals surface area contributed by atoms with Crippen LogP contribution in [0.25, 0.3) is 0 Å². The first-order valence-electron chi connectivity index (χ1n) is 7.03. The summed E-state index contributed by atoms with van der Waals surface area (Å²) in [6.45, 7) is 10.9. The van der Waals surface area contributed by atoms with Gasteiger partial charge in [0.15, 0.2) is 0 Å². The number of rotatable bonds is 11. The summed E-state index contributed by atoms with van der Waals surface area (Å²) in [7, 11) is 3.68. The van der Waals surface area contributed by atoms with E-state index in [2.05, 4.69) is 38.0 Å². The van der Waals surface area contributed by atoms with Gasteiger partial charge in [-0.05, 0) is 31.8 Å². The molecule has 0 radical (unpaired) electrons. The summed E-state index contributed by atoms with van der Waals surface area (Å²) in [6, 6.07) is 0. The zero-order valence-electron chi connectivity index (χ0n) is 12.8. The molecule has 0 spiro atoms. The van der Waals surface area contributed by atoms with E-state index in [4.69, 9.17) is 4.74 Å². The predicted octanol–water partition coefficient (Wildman–Crippen LogP) is 1.34. The Morgan fingerprint density at radius 1 is 1.39 bits per heavy atom. The molecule has 0 heterocycles. The lowest BCUT2D eigenvalue weighted by Crippen LogP contribution is -2.43. The van der Waals surface area contributed by atoms with Crippen LogP contribution in [0.1, 0.15) is 33.6 Å². The fourth-order valence-corrected chi connectivity index (χ4v) is 2.18. The number of ether oxygens (including phenoxy) is 1. The zero-order chi connectivity index (χ0) is 14.0. The summed E-state index contributed by atoms with van der Waals surface area (Å²) in [6.07, 6.45) is 1.90. The highest BCUT2D eigenvalue weighted by Crippen LogP contribution is 2.21. The molecule has 0 fully saturated rings. The largest absolute Gasteiger partial charge is 0.389 e. The van der Waals surface area contributed by atoms with Crippen LogP contribution in [0.2, 0.25) is 0 Å². The van der Waals surface area contributed by atoms with E-state index in [9.17, 15) is 5.11 Å². The SMILES string of the molecule is CCCNCC(C)(CC)CN(C)CC(O)COC. The number of nitrogens with one attached hydrogen (secondary N) is 1. The fraction of sp³-hybridized carbons (Fsp3) is 1.00. The highest BCUT2D eigenvalue weighted by atomic mass is 16.5. The Morgan fingerprint density at radius 3 is 2.56 bits per heavy atom. The summed E-state index contributed by atoms with van der Waals surface area (Å²) in [4.78, 5) is 2.20. The van der Waals surface area contributed by atoms with Crippen molar-refractivity contribution in [2.45, 2.75) is 39.7 Å². The number of likely N-dealkylation sites (N-methyl/N-ethyl adjacent to an activating group) is 1. The maximum atomic E-state index is 9.72. The summed E-state index contributed by atoms with van der Waals surface area (Å²) in [5, 5.41) is 13.2. The number of aliphatic hydroxyl groups excluding tert-OH is 1. The molecule has 0 aromatic carbocycles. The van der Waals surface area contributed by atoms with E-state index in [1.165, 1.54) is 6.42 Å². The van der Waals surface area contributed by atoms with Gasteiger partial charge in [-0.2, -0.15) is 0 Å². The van der Waals surface area contributed by atoms with Gasteiger partial charge in [0.25, 0.3) is 0 Å². The van der Waals surface area contributed by atoms with Gasteiger partial charge >= 0.3 is 0 Å². The zero-order valence-corrected chi connectivity index (χ0v) is 12.8. The Balaban J connectivity index is 4.07. The Labute approximate surface area is 113 Å². The lowest BCUT2D eigenvalue weighted by atomic mass is 9.86. The molecule has 0 aromatic rings. The second-order valence-electron chi connectivity index (χ2n) is 5.65. The van der Waals surface area contributed by atoms with Crippen molar-refractivity contribution in [1.29, 1.82) is 0 Å². The van der Waals surface area contributed by atoms with Crippen molar-refractivity contribution < 1.29 is 9.84 Å². The molecule has 0 aliphatic carbocycles. The van der Waals surface area contributed by atoms with Gasteiger partial charge in [0, 0.05) is 26.7 Å². The van der Waals surface area contributed by atoms with Crippen molar-refractivity contribution in [2.24, 2.45) is 5.41 Å². The van der Waals surface area contributed by atoms with Crippen molar-refractivity contribution in [1.82, 2.24) is 10.2 Å². The highest BCUT2D eigenvalue weighted by molar-refractivity contribution is 4.79. The lowest BCUT2D eigenvalue weighted by Gasteiger charge is -2.34. The molecule has 0 aliphatic heterocycles. The van der Waals surface area contributed by atoms with Crippen molar-refractivity contribution >= 4 is 0 Å². The van der Waals surface area contributed by atoms with Crippen molar-refractivity contribution in [3.8, 4) is 0 Å². The van der Waals surface area contributed by atoms with Crippen molar-refractivity contribution in [3.63, 3.8) is 0 Å². The molecular formula is C14H32N2O2. The molecule has 0 bridgehead atoms. The van der Waals surface area contributed by atoms with E-state index in [1.807, 2.05) is 0 Å². The van der Waals surface area contributed by atoms with Gasteiger partial charge in [-0.1, -0.05) is 20.8 Å². The quantitative estimate of drug-likeness (QED) is 0.550. The third-order valence-corrected chi connectivity index (χ3v) is 3.37. The minimum absolute atomic E-state index is 0.261. The van der Waals surface area contributed by atoms with E-state index in [0.29, 0.717) is 13.2 Å². The Hall–Kier alpha value is -0.160. The summed E-state index contributed by atoms with van der Waals surface area (Å²) in [5.74, 6) is 0. The van der Waals surface area contributed by atoms with E-state index in [-0.39, 0.29) is 5.41 Å². The molecule has 0 amide bonds. The average molecular weight is 260 g/mol. The monoisotopic (exact) mass is 260 g/mol. The first-order valence-corrected chi connectivity index (χ1v) is 7.03. The molecule has 4 heteroatoms. The summed E-state index contributed by atoms with van der Waals surface area (Å²) >= 11 is 0. The van der Waals surface area contributed by atoms with Gasteiger partial charge < -0.3 is 20.1 Å². The molecule has 110 valence electrons. The molecule has 0 saturated carbocycles. The normalized spacial score (nSPS) is 16.8. The molecular weight excluding hydrogens is 228 g/mol. The van der Waals surface area contributed by atoms with Crippen LogP contribution in [0.4, 0.5) is 0 Å². The van der Waals surface area contributed by atoms with E-state index < -0.39 is 6.10 Å². The predicted molar refractivity (Wildman–Crippen MR) is 76.9 cm³/mol. The Morgan fingerprint density at radius 2 is 2.06 bits per heavy atom. The minimum atomic E-state index is -0.398. The topological polar surface area (TPSA) is 44.7 Å². The van der Waals surface area contributed by atoms with Crippen molar-refractivity contribution in [3.05, 3.63) is 0 Å². The third-order valence-electron chi connectivity index (χ3n) is 3.37. The van der Waals surface area contributed by atoms with E-state index in [1.54, 1.807) is 7.11 Å². The van der Waals surface area contributed by atoms with Crippen LogP contribution in [0.5, 0.6) is 0 Å². The number of methoxy groups -OCH3 is 1. The van der Waals surface area contributed by atoms with Crippen LogP contribution >= 0.6 is 0 Å². The van der Waals surface area contributed by atoms with Crippen LogP contribution in [-0.4, -0.2) is 63.1 Å². The Bertz CT molecular complexity index is 202. The number of hydrogen-bond acceptors (Lipinski definition) is 4. The second kappa shape index (κ2) is 9.73. The maximum absolute atomic E-state index is 9.72. The van der Waals surface area contributed by atoms with Crippen LogP contribution < -0.4 is 5.32 Å². The van der Waals surface area contributed by atoms with E-state index >= 15 is 0 Å². The number of aliphatic hydroxyl groups is 1. The number of nitrogens with zero attached hydrogens (tertiary/aromatic N) is 1. The van der Waals surface area contributed by atoms with Gasteiger partial charge in [0.2, 0.25) is 0 Å². The molecule has 0 aromatic heterocycles. The third kappa shape index (κ3) is 8.03. The molecule has 0 rings (SSSR count). The van der Waals surface area contributed by atoms with Gasteiger partial charge in [-0.15, -0.1) is 0 Å². The number of hydrogen-bond donors (Lipinski definition) is 2. The summed E-state index contributed by atoms with van der Waals surface area (Å²) < 4.78 is 4.95. The Kier molecular flexibility index (Phi) is 9.64. The van der Waals surface area contributed by atoms with Gasteiger partial charge in [0.1, 0.15) is 0 Å². The standard InChI is InChI=1S/C14H32N2O2/c1-6-8-15-11-14(3,7-2)12-16(4)9-13(17)10-18-5/h13,15,17H,6-12H2,1-5H3. The first-order chi connectivity index (χ1) is 8.47. The fourth-order valence-electron chi connectivity index (χ4n) is 2.18. The molecule has 0 saturated heterocycles. The van der Waals surface area contributed by atoms with E-state index in [0.717, 1.165) is 26.1 Å². The summed E-state index contributed by atoms with van der Waals surface area (Å²) in [5.41, 5.74) is 0.261. The molecule has 4 nitrogen and oxygen atoms in total. The van der Waals surface area contributed by atoms with Crippen molar-refractivity contribution in [2.75, 3.05) is 46.9 Å². The van der Waals surface area contributed by atoms with Crippen LogP contribution in [0.15, 0.2) is 0 Å². The minimum Gasteiger partial charge on any atom is -0.389 e. The first kappa shape index (κ1) is 17.8. The lowest BCUT2D eigenvalue weighted by molar-refractivity contribution is 0.0343.